The van der Waals surface area contributed by atoms with Crippen LogP contribution in [0.2, 0.25) is 0 Å². The highest BCUT2D eigenvalue weighted by Gasteiger charge is 2.24. The molecule has 1 aromatic heterocycles. The van der Waals surface area contributed by atoms with Crippen molar-refractivity contribution in [2.45, 2.75) is 12.3 Å². The van der Waals surface area contributed by atoms with Gasteiger partial charge in [-0.15, -0.1) is 0 Å². The number of para-hydroxylation sites is 1. The van der Waals surface area contributed by atoms with Gasteiger partial charge >= 0.3 is 0 Å². The van der Waals surface area contributed by atoms with Crippen molar-refractivity contribution in [3.8, 4) is 5.69 Å². The molecule has 1 aromatic carbocycles. The summed E-state index contributed by atoms with van der Waals surface area (Å²) in [6.45, 7) is 0.699. The number of aromatic nitrogens is 2. The molecular weight excluding hydrogens is 214 g/mol. The van der Waals surface area contributed by atoms with Gasteiger partial charge in [0.25, 0.3) is 0 Å². The van der Waals surface area contributed by atoms with E-state index in [1.165, 1.54) is 0 Å². The summed E-state index contributed by atoms with van der Waals surface area (Å²) < 4.78 is 1.85. The first-order chi connectivity index (χ1) is 8.33. The fourth-order valence-electron chi connectivity index (χ4n) is 2.09. The van der Waals surface area contributed by atoms with Gasteiger partial charge in [0.1, 0.15) is 0 Å². The van der Waals surface area contributed by atoms with E-state index in [9.17, 15) is 4.79 Å². The zero-order valence-electron chi connectivity index (χ0n) is 9.34. The van der Waals surface area contributed by atoms with Gasteiger partial charge in [0.15, 0.2) is 0 Å². The third-order valence-corrected chi connectivity index (χ3v) is 3.03. The lowest BCUT2D eigenvalue weighted by atomic mass is 10.1. The lowest BCUT2D eigenvalue weighted by molar-refractivity contribution is -0.119. The number of nitrogens with one attached hydrogen (secondary N) is 1. The number of hydrogen-bond acceptors (Lipinski definition) is 2. The first-order valence-corrected chi connectivity index (χ1v) is 5.70. The zero-order chi connectivity index (χ0) is 11.7. The second-order valence-electron chi connectivity index (χ2n) is 4.23. The molecule has 1 aliphatic heterocycles. The van der Waals surface area contributed by atoms with Gasteiger partial charge in [-0.05, 0) is 18.2 Å². The van der Waals surface area contributed by atoms with Crippen LogP contribution in [0.1, 0.15) is 18.0 Å². The van der Waals surface area contributed by atoms with Crippen LogP contribution >= 0.6 is 0 Å². The highest BCUT2D eigenvalue weighted by Crippen LogP contribution is 2.21. The Morgan fingerprint density at radius 3 is 2.76 bits per heavy atom. The van der Waals surface area contributed by atoms with Gasteiger partial charge in [-0.2, -0.15) is 5.10 Å². The molecule has 0 unspecified atom stereocenters. The van der Waals surface area contributed by atoms with Crippen molar-refractivity contribution in [2.75, 3.05) is 6.54 Å². The van der Waals surface area contributed by atoms with Gasteiger partial charge in [0, 0.05) is 25.1 Å². The van der Waals surface area contributed by atoms with Crippen LogP contribution in [0.25, 0.3) is 5.69 Å². The summed E-state index contributed by atoms with van der Waals surface area (Å²) in [5.41, 5.74) is 2.02. The van der Waals surface area contributed by atoms with Gasteiger partial charge < -0.3 is 5.32 Å². The Morgan fingerprint density at radius 2 is 2.06 bits per heavy atom. The maximum absolute atomic E-state index is 11.2. The van der Waals surface area contributed by atoms with Crippen LogP contribution in [-0.2, 0) is 4.79 Å². The molecule has 1 aliphatic rings. The van der Waals surface area contributed by atoms with Gasteiger partial charge in [-0.1, -0.05) is 18.2 Å². The molecule has 86 valence electrons. The van der Waals surface area contributed by atoms with E-state index in [0.29, 0.717) is 13.0 Å². The third kappa shape index (κ3) is 1.93. The largest absolute Gasteiger partial charge is 0.355 e. The first-order valence-electron chi connectivity index (χ1n) is 5.70. The Balaban J connectivity index is 1.86. The molecule has 0 radical (unpaired) electrons. The van der Waals surface area contributed by atoms with Crippen LogP contribution in [0.15, 0.2) is 42.6 Å². The van der Waals surface area contributed by atoms with E-state index in [1.54, 1.807) is 0 Å². The molecule has 4 heteroatoms. The summed E-state index contributed by atoms with van der Waals surface area (Å²) in [5, 5.41) is 7.35. The number of carbonyl (C=O) groups is 1. The molecule has 0 bridgehead atoms. The van der Waals surface area contributed by atoms with Crippen LogP contribution in [0.3, 0.4) is 0 Å². The summed E-state index contributed by atoms with van der Waals surface area (Å²) in [4.78, 5) is 11.2. The predicted octanol–water partition coefficient (Wildman–Crippen LogP) is 1.48. The molecule has 0 spiro atoms. The summed E-state index contributed by atoms with van der Waals surface area (Å²) >= 11 is 0. The predicted molar refractivity (Wildman–Crippen MR) is 63.9 cm³/mol. The molecule has 1 atom stereocenters. The molecule has 2 heterocycles. The van der Waals surface area contributed by atoms with Crippen molar-refractivity contribution < 1.29 is 4.79 Å². The highest BCUT2D eigenvalue weighted by molar-refractivity contribution is 5.79. The normalized spacial score (nSPS) is 19.3. The molecule has 3 rings (SSSR count). The maximum atomic E-state index is 11.2. The summed E-state index contributed by atoms with van der Waals surface area (Å²) in [6.07, 6.45) is 2.49. The number of benzene rings is 1. The lowest BCUT2D eigenvalue weighted by Crippen LogP contribution is -2.13. The summed E-state index contributed by atoms with van der Waals surface area (Å²) in [7, 11) is 0. The second-order valence-corrected chi connectivity index (χ2v) is 4.23. The van der Waals surface area contributed by atoms with Gasteiger partial charge in [0.05, 0.1) is 11.4 Å². The quantitative estimate of drug-likeness (QED) is 0.844. The van der Waals surface area contributed by atoms with Crippen molar-refractivity contribution >= 4 is 5.91 Å². The molecule has 1 fully saturated rings. The Kier molecular flexibility index (Phi) is 2.40. The van der Waals surface area contributed by atoms with Crippen molar-refractivity contribution in [1.82, 2.24) is 15.1 Å². The van der Waals surface area contributed by atoms with Gasteiger partial charge in [0.2, 0.25) is 5.91 Å². The topological polar surface area (TPSA) is 46.9 Å². The van der Waals surface area contributed by atoms with E-state index >= 15 is 0 Å². The van der Waals surface area contributed by atoms with Crippen molar-refractivity contribution in [3.05, 3.63) is 48.3 Å². The van der Waals surface area contributed by atoms with Gasteiger partial charge in [-0.25, -0.2) is 4.68 Å². The van der Waals surface area contributed by atoms with E-state index < -0.39 is 0 Å². The maximum Gasteiger partial charge on any atom is 0.220 e. The van der Waals surface area contributed by atoms with Crippen LogP contribution in [0.5, 0.6) is 0 Å². The summed E-state index contributed by atoms with van der Waals surface area (Å²) in [6, 6.07) is 11.9. The van der Waals surface area contributed by atoms with E-state index in [4.69, 9.17) is 0 Å². The van der Waals surface area contributed by atoms with E-state index in [2.05, 4.69) is 10.4 Å². The molecule has 0 saturated carbocycles. The Bertz CT molecular complexity index is 533. The molecule has 17 heavy (non-hydrogen) atoms. The molecule has 2 aromatic rings. The average molecular weight is 227 g/mol. The number of hydrogen-bond donors (Lipinski definition) is 1. The Labute approximate surface area is 99.3 Å². The Hall–Kier alpha value is -2.10. The van der Waals surface area contributed by atoms with E-state index in [0.717, 1.165) is 11.4 Å². The molecule has 4 nitrogen and oxygen atoms in total. The number of amides is 1. The highest BCUT2D eigenvalue weighted by atomic mass is 16.1. The second kappa shape index (κ2) is 4.05. The molecule has 0 aliphatic carbocycles. The monoisotopic (exact) mass is 227 g/mol. The van der Waals surface area contributed by atoms with Crippen LogP contribution < -0.4 is 5.32 Å². The smallest absolute Gasteiger partial charge is 0.220 e. The molecule has 1 amide bonds. The van der Waals surface area contributed by atoms with Crippen LogP contribution in [-0.4, -0.2) is 22.2 Å². The van der Waals surface area contributed by atoms with E-state index in [1.807, 2.05) is 47.3 Å². The molecule has 1 saturated heterocycles. The zero-order valence-corrected chi connectivity index (χ0v) is 9.34. The minimum atomic E-state index is 0.115. The van der Waals surface area contributed by atoms with Gasteiger partial charge in [-0.3, -0.25) is 4.79 Å². The minimum Gasteiger partial charge on any atom is -0.355 e. The van der Waals surface area contributed by atoms with Crippen LogP contribution in [0.4, 0.5) is 0 Å². The fourth-order valence-corrected chi connectivity index (χ4v) is 2.09. The van der Waals surface area contributed by atoms with Crippen molar-refractivity contribution in [1.29, 1.82) is 0 Å². The molecular formula is C13H13N3O. The van der Waals surface area contributed by atoms with Crippen LogP contribution in [0, 0.1) is 0 Å². The van der Waals surface area contributed by atoms with Crippen molar-refractivity contribution in [2.24, 2.45) is 0 Å². The number of carbonyl (C=O) groups excluding carboxylic acids is 1. The minimum absolute atomic E-state index is 0.115. The first kappa shape index (κ1) is 10.1. The Morgan fingerprint density at radius 1 is 1.24 bits per heavy atom. The number of rotatable bonds is 2. The number of nitrogens with zero attached hydrogens (tertiary/aromatic N) is 2. The third-order valence-electron chi connectivity index (χ3n) is 3.03. The molecule has 1 N–H and O–H groups in total. The van der Waals surface area contributed by atoms with E-state index in [-0.39, 0.29) is 11.8 Å². The van der Waals surface area contributed by atoms with Crippen molar-refractivity contribution in [3.63, 3.8) is 0 Å². The average Bonchev–Trinajstić information content (AvgIpc) is 2.98. The standard InChI is InChI=1S/C13H13N3O/c17-13-8-10(9-14-13)12-6-7-16(15-12)11-4-2-1-3-5-11/h1-7,10H,8-9H2,(H,14,17)/t10-/m0/s1. The fraction of sp³-hybridized carbons (Fsp3) is 0.231. The SMILES string of the molecule is O=C1C[C@H](c2ccn(-c3ccccc3)n2)CN1. The summed E-state index contributed by atoms with van der Waals surface area (Å²) in [5.74, 6) is 0.330. The lowest BCUT2D eigenvalue weighted by Gasteiger charge is -2.03.